The number of nitrogens with zero attached hydrogens (tertiary/aromatic N) is 3. The SMILES string of the molecule is Cc1c(C(=O)NC[C@@H]2CCN(CC(C)C)C2)sc2ncn(C)c(=O)c12. The van der Waals surface area contributed by atoms with E-state index in [0.717, 1.165) is 31.6 Å². The summed E-state index contributed by atoms with van der Waals surface area (Å²) in [6.07, 6.45) is 2.63. The fourth-order valence-electron chi connectivity index (χ4n) is 3.50. The smallest absolute Gasteiger partial charge is 0.262 e. The lowest BCUT2D eigenvalue weighted by molar-refractivity contribution is 0.0951. The van der Waals surface area contributed by atoms with Gasteiger partial charge in [0.05, 0.1) is 16.6 Å². The summed E-state index contributed by atoms with van der Waals surface area (Å²) >= 11 is 1.30. The normalized spacial score (nSPS) is 18.4. The second-order valence-electron chi connectivity index (χ2n) is 7.42. The minimum atomic E-state index is -0.0991. The predicted molar refractivity (Wildman–Crippen MR) is 101 cm³/mol. The van der Waals surface area contributed by atoms with Crippen LogP contribution in [0, 0.1) is 18.8 Å². The predicted octanol–water partition coefficient (Wildman–Crippen LogP) is 2.01. The standard InChI is InChI=1S/C18H26N4O2S/c1-11(2)8-22-6-5-13(9-22)7-19-16(23)15-12(3)14-17(25-15)20-10-21(4)18(14)24/h10-11,13H,5-9H2,1-4H3,(H,19,23)/t13-/m0/s1. The van der Waals surface area contributed by atoms with Crippen LogP contribution in [0.15, 0.2) is 11.1 Å². The number of likely N-dealkylation sites (tertiary alicyclic amines) is 1. The number of fused-ring (bicyclic) bond motifs is 1. The molecule has 0 aliphatic carbocycles. The fraction of sp³-hybridized carbons (Fsp3) is 0.611. The van der Waals surface area contributed by atoms with Gasteiger partial charge < -0.3 is 14.8 Å². The molecule has 3 heterocycles. The molecule has 0 unspecified atom stereocenters. The van der Waals surface area contributed by atoms with Crippen molar-refractivity contribution in [1.29, 1.82) is 0 Å². The number of hydrogen-bond donors (Lipinski definition) is 1. The summed E-state index contributed by atoms with van der Waals surface area (Å²) in [5.74, 6) is 1.08. The van der Waals surface area contributed by atoms with Crippen molar-refractivity contribution in [2.45, 2.75) is 27.2 Å². The van der Waals surface area contributed by atoms with Crippen LogP contribution >= 0.6 is 11.3 Å². The van der Waals surface area contributed by atoms with E-state index in [0.29, 0.717) is 33.5 Å². The highest BCUT2D eigenvalue weighted by Crippen LogP contribution is 2.26. The van der Waals surface area contributed by atoms with Gasteiger partial charge >= 0.3 is 0 Å². The van der Waals surface area contributed by atoms with E-state index in [1.807, 2.05) is 6.92 Å². The van der Waals surface area contributed by atoms with Crippen LogP contribution in [0.1, 0.15) is 35.5 Å². The Kier molecular flexibility index (Phi) is 5.24. The van der Waals surface area contributed by atoms with Gasteiger partial charge in [-0.1, -0.05) is 13.8 Å². The van der Waals surface area contributed by atoms with E-state index in [4.69, 9.17) is 0 Å². The Hall–Kier alpha value is -1.73. The number of aryl methyl sites for hydroxylation is 2. The third-order valence-electron chi connectivity index (χ3n) is 4.76. The first kappa shape index (κ1) is 18.1. The maximum absolute atomic E-state index is 12.6. The van der Waals surface area contributed by atoms with Gasteiger partial charge in [-0.3, -0.25) is 9.59 Å². The lowest BCUT2D eigenvalue weighted by Gasteiger charge is -2.18. The third kappa shape index (κ3) is 3.77. The molecule has 3 rings (SSSR count). The van der Waals surface area contributed by atoms with Crippen molar-refractivity contribution in [3.63, 3.8) is 0 Å². The second-order valence-corrected chi connectivity index (χ2v) is 8.41. The van der Waals surface area contributed by atoms with Crippen molar-refractivity contribution >= 4 is 27.5 Å². The van der Waals surface area contributed by atoms with Crippen LogP contribution < -0.4 is 10.9 Å². The molecule has 0 spiro atoms. The molecule has 2 aromatic heterocycles. The zero-order valence-electron chi connectivity index (χ0n) is 15.3. The number of hydrogen-bond acceptors (Lipinski definition) is 5. The van der Waals surface area contributed by atoms with Crippen molar-refractivity contribution in [1.82, 2.24) is 19.8 Å². The molecule has 0 bridgehead atoms. The molecular weight excluding hydrogens is 336 g/mol. The summed E-state index contributed by atoms with van der Waals surface area (Å²) in [6.45, 7) is 10.3. The Bertz CT molecular complexity index is 839. The summed E-state index contributed by atoms with van der Waals surface area (Å²) in [7, 11) is 1.68. The molecule has 0 saturated carbocycles. The first-order valence-corrected chi connectivity index (χ1v) is 9.63. The molecule has 7 heteroatoms. The van der Waals surface area contributed by atoms with Crippen LogP contribution in [0.2, 0.25) is 0 Å². The van der Waals surface area contributed by atoms with Gasteiger partial charge in [-0.2, -0.15) is 0 Å². The van der Waals surface area contributed by atoms with Crippen LogP contribution in [-0.2, 0) is 7.05 Å². The van der Waals surface area contributed by atoms with E-state index in [-0.39, 0.29) is 11.5 Å². The number of aromatic nitrogens is 2. The first-order chi connectivity index (χ1) is 11.9. The highest BCUT2D eigenvalue weighted by molar-refractivity contribution is 7.20. The van der Waals surface area contributed by atoms with Crippen molar-refractivity contribution in [3.8, 4) is 0 Å². The van der Waals surface area contributed by atoms with Gasteiger partial charge in [0.25, 0.3) is 11.5 Å². The van der Waals surface area contributed by atoms with Crippen LogP contribution in [0.25, 0.3) is 10.2 Å². The van der Waals surface area contributed by atoms with Crippen molar-refractivity contribution in [2.24, 2.45) is 18.9 Å². The van der Waals surface area contributed by atoms with Gasteiger partial charge in [0.15, 0.2) is 0 Å². The highest BCUT2D eigenvalue weighted by Gasteiger charge is 2.24. The fourth-order valence-corrected chi connectivity index (χ4v) is 4.56. The average molecular weight is 362 g/mol. The van der Waals surface area contributed by atoms with E-state index in [9.17, 15) is 9.59 Å². The lowest BCUT2D eigenvalue weighted by Crippen LogP contribution is -2.31. The van der Waals surface area contributed by atoms with E-state index in [1.54, 1.807) is 7.05 Å². The second kappa shape index (κ2) is 7.25. The Balaban J connectivity index is 1.66. The van der Waals surface area contributed by atoms with Crippen molar-refractivity contribution in [2.75, 3.05) is 26.2 Å². The monoisotopic (exact) mass is 362 g/mol. The van der Waals surface area contributed by atoms with Crippen LogP contribution in [0.4, 0.5) is 0 Å². The number of carbonyl (C=O) groups is 1. The minimum absolute atomic E-state index is 0.0927. The molecule has 1 N–H and O–H groups in total. The number of thiophene rings is 1. The number of nitrogens with one attached hydrogen (secondary N) is 1. The minimum Gasteiger partial charge on any atom is -0.351 e. The van der Waals surface area contributed by atoms with Crippen LogP contribution in [0.3, 0.4) is 0 Å². The molecule has 1 aliphatic heterocycles. The lowest BCUT2D eigenvalue weighted by atomic mass is 10.1. The molecule has 1 fully saturated rings. The summed E-state index contributed by atoms with van der Waals surface area (Å²) in [6, 6.07) is 0. The van der Waals surface area contributed by atoms with Crippen molar-refractivity contribution in [3.05, 3.63) is 27.1 Å². The zero-order valence-corrected chi connectivity index (χ0v) is 16.2. The Morgan fingerprint density at radius 1 is 1.48 bits per heavy atom. The third-order valence-corrected chi connectivity index (χ3v) is 5.96. The van der Waals surface area contributed by atoms with E-state index in [2.05, 4.69) is 29.0 Å². The van der Waals surface area contributed by atoms with Gasteiger partial charge in [-0.05, 0) is 37.3 Å². The molecule has 2 aromatic rings. The maximum Gasteiger partial charge on any atom is 0.262 e. The Morgan fingerprint density at radius 3 is 2.96 bits per heavy atom. The molecule has 25 heavy (non-hydrogen) atoms. The largest absolute Gasteiger partial charge is 0.351 e. The summed E-state index contributed by atoms with van der Waals surface area (Å²) in [5.41, 5.74) is 0.636. The number of rotatable bonds is 5. The van der Waals surface area contributed by atoms with E-state index >= 15 is 0 Å². The van der Waals surface area contributed by atoms with Crippen LogP contribution in [-0.4, -0.2) is 46.5 Å². The number of carbonyl (C=O) groups excluding carboxylic acids is 1. The van der Waals surface area contributed by atoms with Gasteiger partial charge in [-0.15, -0.1) is 11.3 Å². The van der Waals surface area contributed by atoms with Crippen molar-refractivity contribution < 1.29 is 4.79 Å². The first-order valence-electron chi connectivity index (χ1n) is 8.82. The molecule has 1 amide bonds. The summed E-state index contributed by atoms with van der Waals surface area (Å²) < 4.78 is 1.45. The maximum atomic E-state index is 12.6. The Morgan fingerprint density at radius 2 is 2.24 bits per heavy atom. The highest BCUT2D eigenvalue weighted by atomic mass is 32.1. The molecule has 1 aliphatic rings. The number of amides is 1. The molecule has 6 nitrogen and oxygen atoms in total. The molecule has 136 valence electrons. The summed E-state index contributed by atoms with van der Waals surface area (Å²) in [5, 5.41) is 3.62. The van der Waals surface area contributed by atoms with E-state index in [1.165, 1.54) is 22.2 Å². The van der Waals surface area contributed by atoms with Gasteiger partial charge in [0.2, 0.25) is 0 Å². The van der Waals surface area contributed by atoms with Gasteiger partial charge in [0.1, 0.15) is 4.83 Å². The molecule has 0 aromatic carbocycles. The topological polar surface area (TPSA) is 67.2 Å². The molecular formula is C18H26N4O2S. The van der Waals surface area contributed by atoms with Gasteiger partial charge in [-0.25, -0.2) is 4.98 Å². The van der Waals surface area contributed by atoms with Gasteiger partial charge in [0, 0.05) is 26.7 Å². The van der Waals surface area contributed by atoms with E-state index < -0.39 is 0 Å². The molecule has 1 atom stereocenters. The average Bonchev–Trinajstić information content (AvgIpc) is 3.13. The van der Waals surface area contributed by atoms with Crippen LogP contribution in [0.5, 0.6) is 0 Å². The molecule has 0 radical (unpaired) electrons. The molecule has 1 saturated heterocycles. The zero-order chi connectivity index (χ0) is 18.1. The quantitative estimate of drug-likeness (QED) is 0.884. The summed E-state index contributed by atoms with van der Waals surface area (Å²) in [4.78, 5) is 32.8. The Labute approximate surface area is 151 Å².